The maximum Gasteiger partial charge on any atom is 0.269 e. The molecule has 0 spiro atoms. The third kappa shape index (κ3) is 2.73. The lowest BCUT2D eigenvalue weighted by Crippen LogP contribution is -1.99. The second-order valence-corrected chi connectivity index (χ2v) is 3.63. The highest BCUT2D eigenvalue weighted by molar-refractivity contribution is 5.49. The fourth-order valence-electron chi connectivity index (χ4n) is 1.45. The van der Waals surface area contributed by atoms with Crippen LogP contribution < -0.4 is 10.5 Å². The topological polar surface area (TPSA) is 91.3 Å². The number of aromatic nitrogens is 1. The molecular formula is C12H11N3O3. The Morgan fingerprint density at radius 3 is 2.94 bits per heavy atom. The highest BCUT2D eigenvalue weighted by Crippen LogP contribution is 2.21. The van der Waals surface area contributed by atoms with Gasteiger partial charge in [0.2, 0.25) is 0 Å². The summed E-state index contributed by atoms with van der Waals surface area (Å²) < 4.78 is 5.47. The van der Waals surface area contributed by atoms with E-state index in [4.69, 9.17) is 10.5 Å². The normalized spacial score (nSPS) is 10.0. The molecule has 6 nitrogen and oxygen atoms in total. The predicted octanol–water partition coefficient (Wildman–Crippen LogP) is 2.15. The van der Waals surface area contributed by atoms with Crippen molar-refractivity contribution in [3.63, 3.8) is 0 Å². The van der Waals surface area contributed by atoms with Crippen LogP contribution in [0.3, 0.4) is 0 Å². The van der Waals surface area contributed by atoms with Crippen LogP contribution in [0.15, 0.2) is 42.7 Å². The van der Waals surface area contributed by atoms with Crippen molar-refractivity contribution in [3.05, 3.63) is 58.4 Å². The van der Waals surface area contributed by atoms with Gasteiger partial charge >= 0.3 is 0 Å². The Bertz CT molecular complexity index is 572. The van der Waals surface area contributed by atoms with Crippen LogP contribution in [-0.2, 0) is 6.61 Å². The molecule has 0 aliphatic rings. The van der Waals surface area contributed by atoms with E-state index < -0.39 is 4.92 Å². The number of nitro groups is 1. The number of hydrogen-bond donors (Lipinski definition) is 1. The molecule has 0 radical (unpaired) electrons. The molecule has 0 fully saturated rings. The van der Waals surface area contributed by atoms with Gasteiger partial charge in [-0.2, -0.15) is 0 Å². The Morgan fingerprint density at radius 2 is 2.22 bits per heavy atom. The van der Waals surface area contributed by atoms with E-state index in [-0.39, 0.29) is 12.3 Å². The molecule has 6 heteroatoms. The van der Waals surface area contributed by atoms with Gasteiger partial charge in [0.05, 0.1) is 16.8 Å². The van der Waals surface area contributed by atoms with Crippen molar-refractivity contribution >= 4 is 11.4 Å². The molecule has 0 amide bonds. The first-order valence-electron chi connectivity index (χ1n) is 5.22. The van der Waals surface area contributed by atoms with E-state index >= 15 is 0 Å². The van der Waals surface area contributed by atoms with Gasteiger partial charge in [0, 0.05) is 24.4 Å². The highest BCUT2D eigenvalue weighted by atomic mass is 16.6. The lowest BCUT2D eigenvalue weighted by atomic mass is 10.2. The summed E-state index contributed by atoms with van der Waals surface area (Å²) >= 11 is 0. The minimum Gasteiger partial charge on any atom is -0.487 e. The molecule has 0 aliphatic heterocycles. The number of pyridine rings is 1. The minimum absolute atomic E-state index is 0.0406. The number of benzene rings is 1. The number of hydrogen-bond acceptors (Lipinski definition) is 5. The Morgan fingerprint density at radius 1 is 1.39 bits per heavy atom. The van der Waals surface area contributed by atoms with Crippen LogP contribution in [-0.4, -0.2) is 9.91 Å². The highest BCUT2D eigenvalue weighted by Gasteiger charge is 2.06. The van der Waals surface area contributed by atoms with Gasteiger partial charge in [0.15, 0.2) is 0 Å². The zero-order valence-electron chi connectivity index (χ0n) is 9.45. The van der Waals surface area contributed by atoms with Gasteiger partial charge in [-0.1, -0.05) is 12.1 Å². The van der Waals surface area contributed by atoms with Crippen molar-refractivity contribution in [1.82, 2.24) is 4.98 Å². The summed E-state index contributed by atoms with van der Waals surface area (Å²) in [4.78, 5) is 14.0. The monoisotopic (exact) mass is 245 g/mol. The summed E-state index contributed by atoms with van der Waals surface area (Å²) in [5, 5.41) is 10.6. The smallest absolute Gasteiger partial charge is 0.269 e. The summed E-state index contributed by atoms with van der Waals surface area (Å²) in [5.74, 6) is 0.511. The van der Waals surface area contributed by atoms with Crippen molar-refractivity contribution in [2.75, 3.05) is 5.73 Å². The molecule has 0 saturated carbocycles. The molecule has 1 heterocycles. The number of non-ortho nitro benzene ring substituents is 1. The number of nitrogens with zero attached hydrogens (tertiary/aromatic N) is 2. The molecule has 0 atom stereocenters. The fraction of sp³-hybridized carbons (Fsp3) is 0.0833. The number of nitro benzene ring substituents is 1. The van der Waals surface area contributed by atoms with Gasteiger partial charge in [-0.25, -0.2) is 0 Å². The molecule has 0 unspecified atom stereocenters. The average Bonchev–Trinajstić information content (AvgIpc) is 2.38. The maximum absolute atomic E-state index is 10.6. The number of rotatable bonds is 4. The quantitative estimate of drug-likeness (QED) is 0.658. The van der Waals surface area contributed by atoms with Crippen LogP contribution in [0.1, 0.15) is 5.56 Å². The first kappa shape index (κ1) is 11.8. The zero-order chi connectivity index (χ0) is 13.0. The first-order chi connectivity index (χ1) is 8.66. The second-order valence-electron chi connectivity index (χ2n) is 3.63. The standard InChI is InChI=1S/C12H11N3O3/c13-11-7-14-5-4-12(11)18-8-9-2-1-3-10(6-9)15(16)17/h1-7H,8,13H2. The van der Waals surface area contributed by atoms with E-state index in [1.807, 2.05) is 0 Å². The van der Waals surface area contributed by atoms with E-state index in [9.17, 15) is 10.1 Å². The molecule has 92 valence electrons. The average molecular weight is 245 g/mol. The van der Waals surface area contributed by atoms with Crippen molar-refractivity contribution in [1.29, 1.82) is 0 Å². The Balaban J connectivity index is 2.09. The Labute approximate surface area is 103 Å². The third-order valence-corrected chi connectivity index (χ3v) is 2.33. The number of nitrogens with two attached hydrogens (primary N) is 1. The molecule has 1 aromatic heterocycles. The predicted molar refractivity (Wildman–Crippen MR) is 66.1 cm³/mol. The molecule has 2 rings (SSSR count). The molecule has 0 aliphatic carbocycles. The van der Waals surface area contributed by atoms with Crippen LogP contribution in [0.5, 0.6) is 5.75 Å². The molecular weight excluding hydrogens is 234 g/mol. The van der Waals surface area contributed by atoms with Gasteiger partial charge in [-0.15, -0.1) is 0 Å². The molecule has 2 N–H and O–H groups in total. The van der Waals surface area contributed by atoms with Crippen LogP contribution in [0, 0.1) is 10.1 Å². The lowest BCUT2D eigenvalue weighted by molar-refractivity contribution is -0.384. The summed E-state index contributed by atoms with van der Waals surface area (Å²) in [5.41, 5.74) is 6.85. The molecule has 0 bridgehead atoms. The second kappa shape index (κ2) is 5.13. The van der Waals surface area contributed by atoms with Crippen LogP contribution in [0.4, 0.5) is 11.4 Å². The maximum atomic E-state index is 10.6. The van der Waals surface area contributed by atoms with Gasteiger partial charge in [0.1, 0.15) is 12.4 Å². The van der Waals surface area contributed by atoms with Crippen molar-refractivity contribution < 1.29 is 9.66 Å². The molecule has 0 saturated heterocycles. The summed E-state index contributed by atoms with van der Waals surface area (Å²) in [6.07, 6.45) is 3.06. The largest absolute Gasteiger partial charge is 0.487 e. The minimum atomic E-state index is -0.440. The summed E-state index contributed by atoms with van der Waals surface area (Å²) in [6.45, 7) is 0.218. The van der Waals surface area contributed by atoms with Crippen LogP contribution in [0.2, 0.25) is 0 Å². The van der Waals surface area contributed by atoms with Crippen molar-refractivity contribution in [2.24, 2.45) is 0 Å². The van der Waals surface area contributed by atoms with E-state index in [0.717, 1.165) is 0 Å². The fourth-order valence-corrected chi connectivity index (χ4v) is 1.45. The Hall–Kier alpha value is -2.63. The van der Waals surface area contributed by atoms with Gasteiger partial charge < -0.3 is 10.5 Å². The first-order valence-corrected chi connectivity index (χ1v) is 5.22. The zero-order valence-corrected chi connectivity index (χ0v) is 9.45. The van der Waals surface area contributed by atoms with Gasteiger partial charge in [0.25, 0.3) is 5.69 Å². The SMILES string of the molecule is Nc1cnccc1OCc1cccc([N+](=O)[O-])c1. The molecule has 18 heavy (non-hydrogen) atoms. The molecule has 2 aromatic rings. The number of anilines is 1. The Kier molecular flexibility index (Phi) is 3.38. The van der Waals surface area contributed by atoms with E-state index in [2.05, 4.69) is 4.98 Å². The summed E-state index contributed by atoms with van der Waals surface area (Å²) in [6, 6.07) is 7.92. The van der Waals surface area contributed by atoms with Crippen LogP contribution in [0.25, 0.3) is 0 Å². The number of nitrogen functional groups attached to an aromatic ring is 1. The summed E-state index contributed by atoms with van der Waals surface area (Å²) in [7, 11) is 0. The lowest BCUT2D eigenvalue weighted by Gasteiger charge is -2.07. The van der Waals surface area contributed by atoms with E-state index in [1.165, 1.54) is 18.3 Å². The van der Waals surface area contributed by atoms with E-state index in [1.54, 1.807) is 24.4 Å². The van der Waals surface area contributed by atoms with Gasteiger partial charge in [-0.3, -0.25) is 15.1 Å². The van der Waals surface area contributed by atoms with E-state index in [0.29, 0.717) is 17.0 Å². The van der Waals surface area contributed by atoms with Gasteiger partial charge in [-0.05, 0) is 5.56 Å². The van der Waals surface area contributed by atoms with Crippen molar-refractivity contribution in [2.45, 2.75) is 6.61 Å². The number of ether oxygens (including phenoxy) is 1. The third-order valence-electron chi connectivity index (χ3n) is 2.33. The van der Waals surface area contributed by atoms with Crippen molar-refractivity contribution in [3.8, 4) is 5.75 Å². The molecule has 1 aromatic carbocycles. The van der Waals surface area contributed by atoms with Crippen LogP contribution >= 0.6 is 0 Å².